The van der Waals surface area contributed by atoms with Crippen LogP contribution in [0.3, 0.4) is 0 Å². The van der Waals surface area contributed by atoms with Crippen LogP contribution in [0.25, 0.3) is 5.52 Å². The van der Waals surface area contributed by atoms with E-state index in [4.69, 9.17) is 4.74 Å². The highest BCUT2D eigenvalue weighted by Gasteiger charge is 2.35. The smallest absolute Gasteiger partial charge is 0.435 e. The number of carbonyl (C=O) groups is 1. The number of rotatable bonds is 4. The summed E-state index contributed by atoms with van der Waals surface area (Å²) in [6.07, 6.45) is -3.67. The molecule has 0 aliphatic carbocycles. The largest absolute Gasteiger partial charge is 0.481 e. The molecule has 0 saturated carbocycles. The van der Waals surface area contributed by atoms with Gasteiger partial charge < -0.3 is 4.74 Å². The number of hydrogen-bond donors (Lipinski definition) is 0. The Hall–Kier alpha value is -2.05. The molecule has 20 heavy (non-hydrogen) atoms. The summed E-state index contributed by atoms with van der Waals surface area (Å²) in [5.41, 5.74) is -0.724. The Bertz CT molecular complexity index is 647. The number of Topliss-reactive ketones (excluding diaryl/α,β-unsaturated/α-hetero) is 1. The maximum absolute atomic E-state index is 12.7. The summed E-state index contributed by atoms with van der Waals surface area (Å²) in [6, 6.07) is 3.77. The van der Waals surface area contributed by atoms with Gasteiger partial charge in [0.25, 0.3) is 0 Å². The standard InChI is InChI=1S/C13H13F3N2O2/c1-3-4-10(19)8-5-6-12(20-2)18-9(8)7-11(17-18)13(14,15)16/h5-7H,3-4H2,1-2H3. The van der Waals surface area contributed by atoms with Gasteiger partial charge in [0.05, 0.1) is 12.6 Å². The van der Waals surface area contributed by atoms with Crippen molar-refractivity contribution in [1.29, 1.82) is 0 Å². The molecule has 2 aromatic rings. The van der Waals surface area contributed by atoms with Crippen molar-refractivity contribution in [2.24, 2.45) is 0 Å². The Morgan fingerprint density at radius 3 is 2.65 bits per heavy atom. The van der Waals surface area contributed by atoms with Crippen molar-refractivity contribution < 1.29 is 22.7 Å². The van der Waals surface area contributed by atoms with E-state index < -0.39 is 11.9 Å². The second kappa shape index (κ2) is 5.15. The highest BCUT2D eigenvalue weighted by atomic mass is 19.4. The third kappa shape index (κ3) is 2.48. The molecule has 0 aliphatic rings. The number of ether oxygens (including phenoxy) is 1. The Morgan fingerprint density at radius 1 is 1.40 bits per heavy atom. The van der Waals surface area contributed by atoms with Crippen molar-refractivity contribution in [1.82, 2.24) is 9.61 Å². The number of aromatic nitrogens is 2. The zero-order valence-corrected chi connectivity index (χ0v) is 11.0. The quantitative estimate of drug-likeness (QED) is 0.810. The van der Waals surface area contributed by atoms with Gasteiger partial charge in [-0.1, -0.05) is 6.92 Å². The summed E-state index contributed by atoms with van der Waals surface area (Å²) >= 11 is 0. The molecule has 4 nitrogen and oxygen atoms in total. The molecule has 0 saturated heterocycles. The lowest BCUT2D eigenvalue weighted by Gasteiger charge is -2.06. The highest BCUT2D eigenvalue weighted by Crippen LogP contribution is 2.31. The van der Waals surface area contributed by atoms with Crippen molar-refractivity contribution in [3.8, 4) is 5.88 Å². The topological polar surface area (TPSA) is 43.6 Å². The number of halogens is 3. The van der Waals surface area contributed by atoms with Gasteiger partial charge in [0.15, 0.2) is 11.5 Å². The summed E-state index contributed by atoms with van der Waals surface area (Å²) < 4.78 is 44.2. The first-order valence-corrected chi connectivity index (χ1v) is 6.05. The second-order valence-corrected chi connectivity index (χ2v) is 4.29. The lowest BCUT2D eigenvalue weighted by molar-refractivity contribution is -0.141. The minimum absolute atomic E-state index is 0.107. The van der Waals surface area contributed by atoms with E-state index in [1.165, 1.54) is 19.2 Å². The van der Waals surface area contributed by atoms with E-state index in [0.29, 0.717) is 6.42 Å². The first-order chi connectivity index (χ1) is 9.38. The van der Waals surface area contributed by atoms with E-state index in [1.54, 1.807) is 0 Å². The van der Waals surface area contributed by atoms with Crippen LogP contribution >= 0.6 is 0 Å². The molecule has 0 aromatic carbocycles. The minimum Gasteiger partial charge on any atom is -0.481 e. The fraction of sp³-hybridized carbons (Fsp3) is 0.385. The number of carbonyl (C=O) groups excluding carboxylic acids is 1. The van der Waals surface area contributed by atoms with Crippen LogP contribution in [0.1, 0.15) is 35.8 Å². The van der Waals surface area contributed by atoms with Crippen LogP contribution in [0.4, 0.5) is 13.2 Å². The molecule has 0 N–H and O–H groups in total. The number of hydrogen-bond acceptors (Lipinski definition) is 3. The van der Waals surface area contributed by atoms with Crippen LogP contribution in [-0.4, -0.2) is 22.5 Å². The van der Waals surface area contributed by atoms with Crippen LogP contribution in [-0.2, 0) is 6.18 Å². The van der Waals surface area contributed by atoms with Crippen LogP contribution in [0.15, 0.2) is 18.2 Å². The van der Waals surface area contributed by atoms with Gasteiger partial charge in [0.2, 0.25) is 5.88 Å². The van der Waals surface area contributed by atoms with E-state index in [2.05, 4.69) is 5.10 Å². The fourth-order valence-electron chi connectivity index (χ4n) is 1.94. The molecule has 2 aromatic heterocycles. The maximum Gasteiger partial charge on any atom is 0.435 e. The fourth-order valence-corrected chi connectivity index (χ4v) is 1.94. The van der Waals surface area contributed by atoms with E-state index in [-0.39, 0.29) is 29.2 Å². The molecule has 0 radical (unpaired) electrons. The predicted molar refractivity (Wildman–Crippen MR) is 66.0 cm³/mol. The Balaban J connectivity index is 2.67. The van der Waals surface area contributed by atoms with Gasteiger partial charge in [0, 0.05) is 18.1 Å². The number of nitrogens with zero attached hydrogens (tertiary/aromatic N) is 2. The molecule has 0 bridgehead atoms. The van der Waals surface area contributed by atoms with Gasteiger partial charge in [-0.3, -0.25) is 4.79 Å². The van der Waals surface area contributed by atoms with Gasteiger partial charge >= 0.3 is 6.18 Å². The third-order valence-corrected chi connectivity index (χ3v) is 2.86. The first kappa shape index (κ1) is 14.4. The molecule has 2 heterocycles. The highest BCUT2D eigenvalue weighted by molar-refractivity contribution is 6.02. The molecule has 2 rings (SSSR count). The molecule has 0 aliphatic heterocycles. The van der Waals surface area contributed by atoms with Gasteiger partial charge in [-0.25, -0.2) is 0 Å². The van der Waals surface area contributed by atoms with Crippen molar-refractivity contribution in [3.63, 3.8) is 0 Å². The van der Waals surface area contributed by atoms with Crippen molar-refractivity contribution in [2.75, 3.05) is 7.11 Å². The number of fused-ring (bicyclic) bond motifs is 1. The Labute approximate surface area is 113 Å². The predicted octanol–water partition coefficient (Wildman–Crippen LogP) is 3.34. The van der Waals surface area contributed by atoms with Crippen LogP contribution in [0.5, 0.6) is 5.88 Å². The van der Waals surface area contributed by atoms with Gasteiger partial charge in [-0.05, 0) is 18.6 Å². The summed E-state index contributed by atoms with van der Waals surface area (Å²) in [5, 5.41) is 3.47. The summed E-state index contributed by atoms with van der Waals surface area (Å²) in [5.74, 6) is -0.0719. The Kier molecular flexibility index (Phi) is 3.69. The molecule has 0 spiro atoms. The van der Waals surface area contributed by atoms with Crippen molar-refractivity contribution >= 4 is 11.3 Å². The molecule has 108 valence electrons. The van der Waals surface area contributed by atoms with E-state index >= 15 is 0 Å². The average molecular weight is 286 g/mol. The number of alkyl halides is 3. The van der Waals surface area contributed by atoms with Crippen LogP contribution in [0.2, 0.25) is 0 Å². The maximum atomic E-state index is 12.7. The molecule has 7 heteroatoms. The molecular weight excluding hydrogens is 273 g/mol. The molecular formula is C13H13F3N2O2. The SMILES string of the molecule is CCCC(=O)c1ccc(OC)n2nc(C(F)(F)F)cc12. The lowest BCUT2D eigenvalue weighted by atomic mass is 10.1. The molecule has 0 amide bonds. The number of ketones is 1. The van der Waals surface area contributed by atoms with Gasteiger partial charge in [-0.2, -0.15) is 22.8 Å². The zero-order chi connectivity index (χ0) is 14.9. The zero-order valence-electron chi connectivity index (χ0n) is 11.0. The van der Waals surface area contributed by atoms with Crippen LogP contribution < -0.4 is 4.74 Å². The van der Waals surface area contributed by atoms with Crippen LogP contribution in [0, 0.1) is 0 Å². The lowest BCUT2D eigenvalue weighted by Crippen LogP contribution is -2.06. The van der Waals surface area contributed by atoms with E-state index in [1.807, 2.05) is 6.92 Å². The van der Waals surface area contributed by atoms with E-state index in [9.17, 15) is 18.0 Å². The first-order valence-electron chi connectivity index (χ1n) is 6.05. The van der Waals surface area contributed by atoms with Gasteiger partial charge in [-0.15, -0.1) is 0 Å². The third-order valence-electron chi connectivity index (χ3n) is 2.86. The Morgan fingerprint density at radius 2 is 2.10 bits per heavy atom. The summed E-state index contributed by atoms with van der Waals surface area (Å²) in [4.78, 5) is 12.0. The summed E-state index contributed by atoms with van der Waals surface area (Å²) in [6.45, 7) is 1.83. The van der Waals surface area contributed by atoms with Crippen molar-refractivity contribution in [3.05, 3.63) is 29.5 Å². The molecule has 0 atom stereocenters. The minimum atomic E-state index is -4.57. The van der Waals surface area contributed by atoms with Crippen molar-refractivity contribution in [2.45, 2.75) is 25.9 Å². The molecule has 0 fully saturated rings. The van der Waals surface area contributed by atoms with Gasteiger partial charge in [0.1, 0.15) is 0 Å². The monoisotopic (exact) mass is 286 g/mol. The number of methoxy groups -OCH3 is 1. The second-order valence-electron chi connectivity index (χ2n) is 4.29. The summed E-state index contributed by atoms with van der Waals surface area (Å²) in [7, 11) is 1.33. The number of pyridine rings is 1. The average Bonchev–Trinajstić information content (AvgIpc) is 2.82. The van der Waals surface area contributed by atoms with E-state index in [0.717, 1.165) is 10.6 Å². The normalized spacial score (nSPS) is 11.8. The molecule has 0 unspecified atom stereocenters.